The summed E-state index contributed by atoms with van der Waals surface area (Å²) >= 11 is 3.59. The van der Waals surface area contributed by atoms with Gasteiger partial charge in [0.05, 0.1) is 0 Å². The Hall–Kier alpha value is -1.54. The van der Waals surface area contributed by atoms with Crippen LogP contribution in [0.15, 0.2) is 59.2 Å². The third-order valence-corrected chi connectivity index (χ3v) is 4.63. The number of rotatable bonds is 3. The fourth-order valence-corrected chi connectivity index (χ4v) is 3.49. The number of hydrogen-bond donors (Lipinski definition) is 1. The summed E-state index contributed by atoms with van der Waals surface area (Å²) in [6.07, 6.45) is 10.8. The molecule has 1 fully saturated rings. The van der Waals surface area contributed by atoms with E-state index in [0.717, 1.165) is 4.47 Å². The molecule has 1 nitrogen and oxygen atoms in total. The first-order chi connectivity index (χ1) is 10.8. The van der Waals surface area contributed by atoms with Crippen LogP contribution in [0.25, 0.3) is 10.9 Å². The molecular formula is C20H15BrN. The molecule has 1 saturated carbocycles. The Labute approximate surface area is 139 Å². The normalized spacial score (nSPS) is 17.1. The van der Waals surface area contributed by atoms with Crippen LogP contribution in [0.4, 0.5) is 0 Å². The van der Waals surface area contributed by atoms with Gasteiger partial charge < -0.3 is 4.98 Å². The van der Waals surface area contributed by atoms with Gasteiger partial charge in [-0.3, -0.25) is 0 Å². The van der Waals surface area contributed by atoms with E-state index in [-0.39, 0.29) is 5.92 Å². The highest BCUT2D eigenvalue weighted by Crippen LogP contribution is 2.43. The third kappa shape index (κ3) is 2.50. The van der Waals surface area contributed by atoms with Crippen molar-refractivity contribution in [1.29, 1.82) is 0 Å². The zero-order valence-corrected chi connectivity index (χ0v) is 13.5. The summed E-state index contributed by atoms with van der Waals surface area (Å²) in [7, 11) is 0. The minimum Gasteiger partial charge on any atom is -0.361 e. The van der Waals surface area contributed by atoms with Gasteiger partial charge in [-0.2, -0.15) is 0 Å². The van der Waals surface area contributed by atoms with E-state index in [9.17, 15) is 0 Å². The molecule has 4 rings (SSSR count). The van der Waals surface area contributed by atoms with Crippen molar-refractivity contribution in [2.24, 2.45) is 0 Å². The molecule has 1 aromatic heterocycles. The van der Waals surface area contributed by atoms with Crippen LogP contribution in [0, 0.1) is 31.6 Å². The maximum absolute atomic E-state index is 3.59. The fourth-order valence-electron chi connectivity index (χ4n) is 3.13. The van der Waals surface area contributed by atoms with Gasteiger partial charge in [0.1, 0.15) is 0 Å². The van der Waals surface area contributed by atoms with Crippen molar-refractivity contribution >= 4 is 26.8 Å². The summed E-state index contributed by atoms with van der Waals surface area (Å²) < 4.78 is 1.11. The molecule has 1 unspecified atom stereocenters. The topological polar surface area (TPSA) is 15.8 Å². The maximum atomic E-state index is 3.59. The summed E-state index contributed by atoms with van der Waals surface area (Å²) in [4.78, 5) is 3.41. The minimum absolute atomic E-state index is 0.249. The van der Waals surface area contributed by atoms with E-state index in [1.165, 1.54) is 27.9 Å². The lowest BCUT2D eigenvalue weighted by Crippen LogP contribution is -2.10. The average molecular weight is 349 g/mol. The van der Waals surface area contributed by atoms with Crippen LogP contribution in [-0.2, 0) is 0 Å². The Bertz CT molecular complexity index is 769. The minimum atomic E-state index is 0.249. The first-order valence-corrected chi connectivity index (χ1v) is 8.15. The summed E-state index contributed by atoms with van der Waals surface area (Å²) in [5.41, 5.74) is 3.80. The molecule has 107 valence electrons. The number of benzene rings is 2. The fraction of sp³-hybridized carbons (Fsp3) is 0.0500. The largest absolute Gasteiger partial charge is 0.361 e. The molecule has 1 aliphatic carbocycles. The van der Waals surface area contributed by atoms with Gasteiger partial charge in [0.2, 0.25) is 0 Å². The van der Waals surface area contributed by atoms with Crippen molar-refractivity contribution in [3.05, 3.63) is 102 Å². The van der Waals surface area contributed by atoms with Gasteiger partial charge in [-0.25, -0.2) is 0 Å². The average Bonchev–Trinajstić information content (AvgIpc) is 3.20. The molecule has 0 bridgehead atoms. The SMILES string of the molecule is Brc1ccc2[nH]cc(C([C]3[CH][CH][CH][CH]3)c3ccccc3)c2c1. The Morgan fingerprint density at radius 1 is 0.909 bits per heavy atom. The van der Waals surface area contributed by atoms with Gasteiger partial charge in [0.15, 0.2) is 0 Å². The molecule has 22 heavy (non-hydrogen) atoms. The van der Waals surface area contributed by atoms with Crippen LogP contribution in [0.5, 0.6) is 0 Å². The number of fused-ring (bicyclic) bond motifs is 1. The molecule has 1 heterocycles. The van der Waals surface area contributed by atoms with E-state index in [1.807, 2.05) is 0 Å². The van der Waals surface area contributed by atoms with Gasteiger partial charge in [0.25, 0.3) is 0 Å². The van der Waals surface area contributed by atoms with Gasteiger partial charge in [-0.15, -0.1) is 0 Å². The predicted molar refractivity (Wildman–Crippen MR) is 94.7 cm³/mol. The first-order valence-electron chi connectivity index (χ1n) is 7.36. The van der Waals surface area contributed by atoms with Crippen molar-refractivity contribution in [2.45, 2.75) is 5.92 Å². The molecular weight excluding hydrogens is 334 g/mol. The number of aromatic nitrogens is 1. The van der Waals surface area contributed by atoms with Crippen molar-refractivity contribution in [3.8, 4) is 0 Å². The smallest absolute Gasteiger partial charge is 0.0457 e. The highest BCUT2D eigenvalue weighted by Gasteiger charge is 2.30. The maximum Gasteiger partial charge on any atom is 0.0457 e. The van der Waals surface area contributed by atoms with Crippen LogP contribution in [0.3, 0.4) is 0 Å². The number of hydrogen-bond acceptors (Lipinski definition) is 0. The molecule has 3 aromatic rings. The molecule has 1 atom stereocenters. The molecule has 2 heteroatoms. The van der Waals surface area contributed by atoms with E-state index in [0.29, 0.717) is 0 Å². The van der Waals surface area contributed by atoms with E-state index in [4.69, 9.17) is 0 Å². The first kappa shape index (κ1) is 14.1. The summed E-state index contributed by atoms with van der Waals surface area (Å²) in [5.74, 6) is 1.58. The highest BCUT2D eigenvalue weighted by atomic mass is 79.9. The lowest BCUT2D eigenvalue weighted by atomic mass is 9.80. The number of H-pyrrole nitrogens is 1. The van der Waals surface area contributed by atoms with Crippen LogP contribution >= 0.6 is 15.9 Å². The second-order valence-electron chi connectivity index (χ2n) is 5.50. The van der Waals surface area contributed by atoms with Crippen LogP contribution in [0.2, 0.25) is 0 Å². The van der Waals surface area contributed by atoms with Crippen LogP contribution in [0.1, 0.15) is 17.0 Å². The van der Waals surface area contributed by atoms with Crippen molar-refractivity contribution in [1.82, 2.24) is 4.98 Å². The Morgan fingerprint density at radius 3 is 2.45 bits per heavy atom. The predicted octanol–water partition coefficient (Wildman–Crippen LogP) is 5.47. The van der Waals surface area contributed by atoms with Gasteiger partial charge in [-0.1, -0.05) is 46.3 Å². The molecule has 0 amide bonds. The van der Waals surface area contributed by atoms with E-state index >= 15 is 0 Å². The Kier molecular flexibility index (Phi) is 3.79. The summed E-state index contributed by atoms with van der Waals surface area (Å²) in [5, 5.41) is 1.27. The van der Waals surface area contributed by atoms with E-state index in [1.54, 1.807) is 0 Å². The standard InChI is InChI=1S/C20H15BrN/c21-16-10-11-19-17(12-16)18(13-22-19)20(15-8-4-5-9-15)14-6-2-1-3-7-14/h1-13,20,22H. The van der Waals surface area contributed by atoms with Crippen molar-refractivity contribution < 1.29 is 0 Å². The summed E-state index contributed by atoms with van der Waals surface area (Å²) in [6.45, 7) is 0. The molecule has 1 aliphatic rings. The lowest BCUT2D eigenvalue weighted by Gasteiger charge is -2.23. The van der Waals surface area contributed by atoms with Gasteiger partial charge >= 0.3 is 0 Å². The van der Waals surface area contributed by atoms with Gasteiger partial charge in [-0.05, 0) is 60.9 Å². The van der Waals surface area contributed by atoms with Gasteiger partial charge in [0, 0.05) is 27.5 Å². The second kappa shape index (κ2) is 5.92. The van der Waals surface area contributed by atoms with E-state index in [2.05, 4.69) is 101 Å². The second-order valence-corrected chi connectivity index (χ2v) is 6.41. The molecule has 0 spiro atoms. The zero-order valence-electron chi connectivity index (χ0n) is 12.0. The third-order valence-electron chi connectivity index (χ3n) is 4.14. The van der Waals surface area contributed by atoms with Crippen molar-refractivity contribution in [3.63, 3.8) is 0 Å². The quantitative estimate of drug-likeness (QED) is 0.646. The highest BCUT2D eigenvalue weighted by molar-refractivity contribution is 9.10. The molecule has 0 aliphatic heterocycles. The van der Waals surface area contributed by atoms with Crippen LogP contribution in [-0.4, -0.2) is 4.98 Å². The molecule has 5 radical (unpaired) electrons. The number of aromatic amines is 1. The van der Waals surface area contributed by atoms with Crippen molar-refractivity contribution in [2.75, 3.05) is 0 Å². The van der Waals surface area contributed by atoms with Crippen LogP contribution < -0.4 is 0 Å². The zero-order chi connectivity index (χ0) is 14.9. The number of halogens is 1. The van der Waals surface area contributed by atoms with E-state index < -0.39 is 0 Å². The lowest BCUT2D eigenvalue weighted by molar-refractivity contribution is 0.883. The Balaban J connectivity index is 1.87. The molecule has 1 N–H and O–H groups in total. The molecule has 0 saturated heterocycles. The summed E-state index contributed by atoms with van der Waals surface area (Å²) in [6, 6.07) is 17.1. The monoisotopic (exact) mass is 348 g/mol. The molecule has 2 aromatic carbocycles. The Morgan fingerprint density at radius 2 is 1.68 bits per heavy atom. The number of nitrogens with one attached hydrogen (secondary N) is 1.